The Bertz CT molecular complexity index is 544. The molecule has 2 aliphatic heterocycles. The van der Waals surface area contributed by atoms with Crippen LogP contribution in [0, 0.1) is 0 Å². The van der Waals surface area contributed by atoms with Gasteiger partial charge in [-0.1, -0.05) is 23.2 Å². The third-order valence-corrected chi connectivity index (χ3v) is 4.29. The van der Waals surface area contributed by atoms with E-state index in [2.05, 4.69) is 5.32 Å². The number of rotatable bonds is 3. The summed E-state index contributed by atoms with van der Waals surface area (Å²) in [5.41, 5.74) is 0. The Morgan fingerprint density at radius 3 is 3.00 bits per heavy atom. The number of nitrogens with zero attached hydrogens (tertiary/aromatic N) is 1. The summed E-state index contributed by atoms with van der Waals surface area (Å²) in [6.45, 7) is 2.68. The van der Waals surface area contributed by atoms with E-state index in [9.17, 15) is 4.79 Å². The molecule has 0 bridgehead atoms. The van der Waals surface area contributed by atoms with Crippen molar-refractivity contribution in [2.45, 2.75) is 12.1 Å². The molecule has 8 heteroatoms. The van der Waals surface area contributed by atoms with Gasteiger partial charge in [-0.3, -0.25) is 4.79 Å². The molecule has 1 N–H and O–H groups in total. The molecule has 2 fully saturated rings. The lowest BCUT2D eigenvalue weighted by atomic mass is 10.1. The highest BCUT2D eigenvalue weighted by molar-refractivity contribution is 6.35. The average molecular weight is 368 g/mol. The van der Waals surface area contributed by atoms with Crippen LogP contribution in [0.25, 0.3) is 0 Å². The van der Waals surface area contributed by atoms with Crippen molar-refractivity contribution in [2.24, 2.45) is 0 Å². The molecular formula is C14H17Cl3N2O3. The first kappa shape index (κ1) is 17.6. The lowest BCUT2D eigenvalue weighted by molar-refractivity contribution is -0.144. The smallest absolute Gasteiger partial charge is 0.260 e. The van der Waals surface area contributed by atoms with E-state index in [1.54, 1.807) is 18.2 Å². The standard InChI is InChI=1S/C14H16Cl2N2O3.ClH/c15-9-1-2-12(10(16)5-9)21-8-14(19)18-3-4-20-13-7-17-6-11(13)18;/h1-2,5,11,13,17H,3-4,6-8H2;1H/t11-,13+;/m1./s1. The Hall–Kier alpha value is -0.720. The minimum atomic E-state index is -0.0528. The Balaban J connectivity index is 0.00000176. The summed E-state index contributed by atoms with van der Waals surface area (Å²) in [5, 5.41) is 4.18. The molecule has 2 aliphatic rings. The lowest BCUT2D eigenvalue weighted by Crippen LogP contribution is -2.54. The molecule has 22 heavy (non-hydrogen) atoms. The van der Waals surface area contributed by atoms with Crippen LogP contribution in [0.5, 0.6) is 5.75 Å². The van der Waals surface area contributed by atoms with Crippen molar-refractivity contribution in [2.75, 3.05) is 32.8 Å². The van der Waals surface area contributed by atoms with Crippen LogP contribution < -0.4 is 10.1 Å². The van der Waals surface area contributed by atoms with Crippen molar-refractivity contribution < 1.29 is 14.3 Å². The fourth-order valence-corrected chi connectivity index (χ4v) is 3.18. The van der Waals surface area contributed by atoms with Crippen LogP contribution in [-0.2, 0) is 9.53 Å². The zero-order chi connectivity index (χ0) is 14.8. The largest absolute Gasteiger partial charge is 0.482 e. The molecule has 1 aromatic carbocycles. The Labute approximate surface area is 145 Å². The van der Waals surface area contributed by atoms with Crippen LogP contribution in [-0.4, -0.2) is 55.8 Å². The van der Waals surface area contributed by atoms with Gasteiger partial charge in [-0.15, -0.1) is 12.4 Å². The predicted octanol–water partition coefficient (Wildman–Crippen LogP) is 1.99. The molecule has 122 valence electrons. The normalized spacial score (nSPS) is 23.6. The number of carbonyl (C=O) groups excluding carboxylic acids is 1. The van der Waals surface area contributed by atoms with Gasteiger partial charge in [0.05, 0.1) is 23.8 Å². The number of halogens is 3. The molecule has 0 radical (unpaired) electrons. The van der Waals surface area contributed by atoms with Crippen LogP contribution in [0.4, 0.5) is 0 Å². The first-order valence-electron chi connectivity index (χ1n) is 6.85. The van der Waals surface area contributed by atoms with Gasteiger partial charge < -0.3 is 19.7 Å². The summed E-state index contributed by atoms with van der Waals surface area (Å²) >= 11 is 11.8. The monoisotopic (exact) mass is 366 g/mol. The van der Waals surface area contributed by atoms with E-state index < -0.39 is 0 Å². The fraction of sp³-hybridized carbons (Fsp3) is 0.500. The second kappa shape index (κ2) is 7.70. The molecular weight excluding hydrogens is 351 g/mol. The van der Waals surface area contributed by atoms with E-state index in [1.165, 1.54) is 0 Å². The van der Waals surface area contributed by atoms with Gasteiger partial charge in [0.2, 0.25) is 0 Å². The molecule has 0 aromatic heterocycles. The number of hydrogen-bond acceptors (Lipinski definition) is 4. The van der Waals surface area contributed by atoms with Crippen LogP contribution in [0.3, 0.4) is 0 Å². The molecule has 2 heterocycles. The van der Waals surface area contributed by atoms with Gasteiger partial charge in [-0.2, -0.15) is 0 Å². The SMILES string of the molecule is Cl.O=C(COc1ccc(Cl)cc1Cl)N1CCO[C@H]2CNC[C@H]21. The van der Waals surface area contributed by atoms with Crippen LogP contribution in [0.1, 0.15) is 0 Å². The van der Waals surface area contributed by atoms with Gasteiger partial charge in [0, 0.05) is 24.7 Å². The molecule has 1 aromatic rings. The third kappa shape index (κ3) is 3.78. The summed E-state index contributed by atoms with van der Waals surface area (Å²) in [4.78, 5) is 14.2. The van der Waals surface area contributed by atoms with Gasteiger partial charge in [0.1, 0.15) is 5.75 Å². The zero-order valence-corrected chi connectivity index (χ0v) is 14.1. The number of benzene rings is 1. The maximum Gasteiger partial charge on any atom is 0.260 e. The number of fused-ring (bicyclic) bond motifs is 1. The van der Waals surface area contributed by atoms with Crippen LogP contribution in [0.15, 0.2) is 18.2 Å². The van der Waals surface area contributed by atoms with Crippen LogP contribution >= 0.6 is 35.6 Å². The lowest BCUT2D eigenvalue weighted by Gasteiger charge is -2.36. The number of nitrogens with one attached hydrogen (secondary N) is 1. The molecule has 2 atom stereocenters. The Morgan fingerprint density at radius 1 is 1.41 bits per heavy atom. The van der Waals surface area contributed by atoms with Gasteiger partial charge in [-0.25, -0.2) is 0 Å². The topological polar surface area (TPSA) is 50.8 Å². The fourth-order valence-electron chi connectivity index (χ4n) is 2.71. The number of amides is 1. The second-order valence-electron chi connectivity index (χ2n) is 5.09. The highest BCUT2D eigenvalue weighted by Crippen LogP contribution is 2.27. The van der Waals surface area contributed by atoms with Gasteiger partial charge in [0.15, 0.2) is 6.61 Å². The first-order chi connectivity index (χ1) is 10.1. The minimum Gasteiger partial charge on any atom is -0.482 e. The molecule has 5 nitrogen and oxygen atoms in total. The van der Waals surface area contributed by atoms with E-state index >= 15 is 0 Å². The highest BCUT2D eigenvalue weighted by Gasteiger charge is 2.38. The maximum atomic E-state index is 12.3. The number of carbonyl (C=O) groups is 1. The molecule has 0 saturated carbocycles. The van der Waals surface area contributed by atoms with Crippen molar-refractivity contribution in [3.63, 3.8) is 0 Å². The number of hydrogen-bond donors (Lipinski definition) is 1. The zero-order valence-electron chi connectivity index (χ0n) is 11.8. The molecule has 0 aliphatic carbocycles. The van der Waals surface area contributed by atoms with E-state index in [1.807, 2.05) is 4.90 Å². The van der Waals surface area contributed by atoms with Crippen molar-refractivity contribution in [3.8, 4) is 5.75 Å². The molecule has 3 rings (SSSR count). The van der Waals surface area contributed by atoms with E-state index in [4.69, 9.17) is 32.7 Å². The third-order valence-electron chi connectivity index (χ3n) is 3.76. The van der Waals surface area contributed by atoms with Crippen molar-refractivity contribution in [3.05, 3.63) is 28.2 Å². The summed E-state index contributed by atoms with van der Waals surface area (Å²) < 4.78 is 11.2. The second-order valence-corrected chi connectivity index (χ2v) is 5.93. The summed E-state index contributed by atoms with van der Waals surface area (Å²) in [6, 6.07) is 5.03. The van der Waals surface area contributed by atoms with E-state index in [0.29, 0.717) is 28.9 Å². The predicted molar refractivity (Wildman–Crippen MR) is 87.3 cm³/mol. The Kier molecular flexibility index (Phi) is 6.17. The minimum absolute atomic E-state index is 0. The Morgan fingerprint density at radius 2 is 2.23 bits per heavy atom. The van der Waals surface area contributed by atoms with Crippen molar-refractivity contribution >= 4 is 41.5 Å². The molecule has 0 spiro atoms. The first-order valence-corrected chi connectivity index (χ1v) is 7.60. The number of ether oxygens (including phenoxy) is 2. The summed E-state index contributed by atoms with van der Waals surface area (Å²) in [6.07, 6.45) is 0.0850. The van der Waals surface area contributed by atoms with E-state index in [-0.39, 0.29) is 37.1 Å². The van der Waals surface area contributed by atoms with E-state index in [0.717, 1.165) is 13.1 Å². The molecule has 2 saturated heterocycles. The summed E-state index contributed by atoms with van der Waals surface area (Å²) in [7, 11) is 0. The summed E-state index contributed by atoms with van der Waals surface area (Å²) in [5.74, 6) is 0.409. The van der Waals surface area contributed by atoms with Crippen LogP contribution in [0.2, 0.25) is 10.0 Å². The number of morpholine rings is 1. The molecule has 0 unspecified atom stereocenters. The van der Waals surface area contributed by atoms with Gasteiger partial charge in [-0.05, 0) is 18.2 Å². The molecule has 1 amide bonds. The highest BCUT2D eigenvalue weighted by atomic mass is 35.5. The van der Waals surface area contributed by atoms with Crippen molar-refractivity contribution in [1.29, 1.82) is 0 Å². The van der Waals surface area contributed by atoms with Gasteiger partial charge >= 0.3 is 0 Å². The maximum absolute atomic E-state index is 12.3. The van der Waals surface area contributed by atoms with Crippen molar-refractivity contribution in [1.82, 2.24) is 10.2 Å². The quantitative estimate of drug-likeness (QED) is 0.888. The van der Waals surface area contributed by atoms with Gasteiger partial charge in [0.25, 0.3) is 5.91 Å². The average Bonchev–Trinajstić information content (AvgIpc) is 2.94.